The van der Waals surface area contributed by atoms with E-state index in [-0.39, 0.29) is 6.04 Å². The predicted molar refractivity (Wildman–Crippen MR) is 83.9 cm³/mol. The quantitative estimate of drug-likeness (QED) is 0.816. The number of hydrogen-bond donors (Lipinski definition) is 1. The summed E-state index contributed by atoms with van der Waals surface area (Å²) in [6.45, 7) is 4.76. The highest BCUT2D eigenvalue weighted by atomic mass is 79.9. The molecule has 1 N–H and O–H groups in total. The van der Waals surface area contributed by atoms with Gasteiger partial charge >= 0.3 is 0 Å². The highest BCUT2D eigenvalue weighted by Gasteiger charge is 2.23. The number of aromatic nitrogens is 4. The van der Waals surface area contributed by atoms with E-state index in [2.05, 4.69) is 61.9 Å². The third-order valence-electron chi connectivity index (χ3n) is 2.94. The van der Waals surface area contributed by atoms with Crippen LogP contribution in [-0.4, -0.2) is 51.5 Å². The summed E-state index contributed by atoms with van der Waals surface area (Å²) in [5.41, 5.74) is 1.12. The highest BCUT2D eigenvalue weighted by molar-refractivity contribution is 9.10. The number of likely N-dealkylation sites (N-methyl/N-ethyl adjacent to an activating group) is 1. The van der Waals surface area contributed by atoms with E-state index in [1.54, 1.807) is 0 Å². The number of hydrogen-bond acceptors (Lipinski definition) is 6. The Morgan fingerprint density at radius 2 is 2.25 bits per heavy atom. The summed E-state index contributed by atoms with van der Waals surface area (Å²) in [5.74, 6) is 0. The Hall–Kier alpha value is -0.830. The fraction of sp³-hybridized carbons (Fsp3) is 0.583. The summed E-state index contributed by atoms with van der Waals surface area (Å²) < 4.78 is 7.02. The predicted octanol–water partition coefficient (Wildman–Crippen LogP) is 1.76. The lowest BCUT2D eigenvalue weighted by atomic mass is 10.2. The molecule has 2 aromatic rings. The summed E-state index contributed by atoms with van der Waals surface area (Å²) >= 11 is 5.02. The Morgan fingerprint density at radius 3 is 2.85 bits per heavy atom. The molecule has 0 radical (unpaired) electrons. The van der Waals surface area contributed by atoms with Crippen LogP contribution in [0.3, 0.4) is 0 Å². The van der Waals surface area contributed by atoms with Crippen molar-refractivity contribution in [2.75, 3.05) is 27.2 Å². The molecule has 0 aliphatic heterocycles. The Balaban J connectivity index is 2.30. The lowest BCUT2D eigenvalue weighted by molar-refractivity contribution is 0.365. The maximum atomic E-state index is 4.47. The Morgan fingerprint density at radius 1 is 1.45 bits per heavy atom. The molecule has 0 amide bonds. The molecule has 0 aliphatic rings. The van der Waals surface area contributed by atoms with Gasteiger partial charge in [0.05, 0.1) is 40.0 Å². The topological polar surface area (TPSA) is 58.9 Å². The van der Waals surface area contributed by atoms with Crippen LogP contribution in [0.4, 0.5) is 0 Å². The molecular formula is C12H19BrN6S. The monoisotopic (exact) mass is 358 g/mol. The second-order valence-corrected chi connectivity index (χ2v) is 6.39. The Labute approximate surface area is 131 Å². The van der Waals surface area contributed by atoms with E-state index in [4.69, 9.17) is 0 Å². The van der Waals surface area contributed by atoms with E-state index in [1.165, 1.54) is 11.5 Å². The van der Waals surface area contributed by atoms with Gasteiger partial charge in [0, 0.05) is 6.54 Å². The van der Waals surface area contributed by atoms with Crippen LogP contribution in [0.25, 0.3) is 0 Å². The molecule has 2 aromatic heterocycles. The average Bonchev–Trinajstić information content (AvgIpc) is 3.04. The third-order valence-corrected chi connectivity index (χ3v) is 4.28. The summed E-state index contributed by atoms with van der Waals surface area (Å²) in [7, 11) is 4.13. The molecule has 110 valence electrons. The summed E-state index contributed by atoms with van der Waals surface area (Å²) in [6.07, 6.45) is 3.66. The SMILES string of the molecule is CCNC(c1cnns1)c1c(Br)cnn1CCN(C)C. The van der Waals surface area contributed by atoms with Gasteiger partial charge in [0.15, 0.2) is 0 Å². The van der Waals surface area contributed by atoms with Crippen LogP contribution < -0.4 is 5.32 Å². The third kappa shape index (κ3) is 3.63. The molecule has 20 heavy (non-hydrogen) atoms. The first-order valence-electron chi connectivity index (χ1n) is 6.50. The molecule has 6 nitrogen and oxygen atoms in total. The number of rotatable bonds is 7. The van der Waals surface area contributed by atoms with Gasteiger partial charge in [-0.05, 0) is 48.1 Å². The van der Waals surface area contributed by atoms with Gasteiger partial charge in [-0.15, -0.1) is 5.10 Å². The van der Waals surface area contributed by atoms with Gasteiger partial charge in [0.1, 0.15) is 0 Å². The summed E-state index contributed by atoms with van der Waals surface area (Å²) in [5, 5.41) is 11.9. The van der Waals surface area contributed by atoms with Crippen molar-refractivity contribution in [3.8, 4) is 0 Å². The molecule has 0 spiro atoms. The van der Waals surface area contributed by atoms with Gasteiger partial charge in [-0.1, -0.05) is 11.4 Å². The Bertz CT molecular complexity index is 524. The zero-order chi connectivity index (χ0) is 14.5. The van der Waals surface area contributed by atoms with E-state index in [9.17, 15) is 0 Å². The van der Waals surface area contributed by atoms with Crippen LogP contribution in [0, 0.1) is 0 Å². The zero-order valence-corrected chi connectivity index (χ0v) is 14.3. The molecule has 8 heteroatoms. The fourth-order valence-corrected chi connectivity index (χ4v) is 3.08. The number of nitrogens with one attached hydrogen (secondary N) is 1. The molecule has 1 unspecified atom stereocenters. The Kier molecular flexibility index (Phi) is 5.64. The molecule has 0 bridgehead atoms. The van der Waals surface area contributed by atoms with Crippen molar-refractivity contribution in [1.82, 2.24) is 29.6 Å². The molecule has 2 rings (SSSR count). The van der Waals surface area contributed by atoms with Crippen molar-refractivity contribution < 1.29 is 0 Å². The summed E-state index contributed by atoms with van der Waals surface area (Å²) in [4.78, 5) is 3.25. The van der Waals surface area contributed by atoms with E-state index < -0.39 is 0 Å². The largest absolute Gasteiger partial charge is 0.308 e. The van der Waals surface area contributed by atoms with Gasteiger partial charge < -0.3 is 10.2 Å². The van der Waals surface area contributed by atoms with Crippen molar-refractivity contribution in [2.45, 2.75) is 19.5 Å². The van der Waals surface area contributed by atoms with Gasteiger partial charge in [-0.3, -0.25) is 4.68 Å². The van der Waals surface area contributed by atoms with Crippen molar-refractivity contribution in [3.63, 3.8) is 0 Å². The number of halogens is 1. The van der Waals surface area contributed by atoms with E-state index in [1.807, 2.05) is 17.1 Å². The first-order chi connectivity index (χ1) is 9.63. The van der Waals surface area contributed by atoms with Gasteiger partial charge in [0.25, 0.3) is 0 Å². The maximum absolute atomic E-state index is 4.47. The lowest BCUT2D eigenvalue weighted by Gasteiger charge is -2.19. The van der Waals surface area contributed by atoms with Crippen LogP contribution in [-0.2, 0) is 6.54 Å². The van der Waals surface area contributed by atoms with Gasteiger partial charge in [0.2, 0.25) is 0 Å². The van der Waals surface area contributed by atoms with Gasteiger partial charge in [-0.2, -0.15) is 5.10 Å². The van der Waals surface area contributed by atoms with E-state index in [0.717, 1.165) is 34.7 Å². The second-order valence-electron chi connectivity index (χ2n) is 4.71. The van der Waals surface area contributed by atoms with Crippen molar-refractivity contribution in [3.05, 3.63) is 27.4 Å². The number of nitrogens with zero attached hydrogens (tertiary/aromatic N) is 5. The van der Waals surface area contributed by atoms with Crippen LogP contribution in [0.2, 0.25) is 0 Å². The van der Waals surface area contributed by atoms with Crippen LogP contribution in [0.5, 0.6) is 0 Å². The van der Waals surface area contributed by atoms with Crippen LogP contribution in [0.15, 0.2) is 16.9 Å². The minimum Gasteiger partial charge on any atom is -0.308 e. The standard InChI is InChI=1S/C12H19BrN6S/c1-4-14-11(10-8-15-17-20-10)12-9(13)7-16-19(12)6-5-18(2)3/h7-8,11,14H,4-6H2,1-3H3. The highest BCUT2D eigenvalue weighted by Crippen LogP contribution is 2.29. The van der Waals surface area contributed by atoms with E-state index >= 15 is 0 Å². The summed E-state index contributed by atoms with van der Waals surface area (Å²) in [6, 6.07) is 0.0686. The normalized spacial score (nSPS) is 13.1. The second kappa shape index (κ2) is 7.26. The van der Waals surface area contributed by atoms with Gasteiger partial charge in [-0.25, -0.2) is 0 Å². The van der Waals surface area contributed by atoms with Crippen molar-refractivity contribution in [2.24, 2.45) is 0 Å². The van der Waals surface area contributed by atoms with Crippen molar-refractivity contribution in [1.29, 1.82) is 0 Å². The molecule has 0 fully saturated rings. The van der Waals surface area contributed by atoms with E-state index in [0.29, 0.717) is 0 Å². The molecule has 0 saturated heterocycles. The molecular weight excluding hydrogens is 340 g/mol. The molecule has 0 saturated carbocycles. The minimum absolute atomic E-state index is 0.0686. The average molecular weight is 359 g/mol. The molecule has 0 aliphatic carbocycles. The maximum Gasteiger partial charge on any atom is 0.0885 e. The lowest BCUT2D eigenvalue weighted by Crippen LogP contribution is -2.27. The van der Waals surface area contributed by atoms with Crippen molar-refractivity contribution >= 4 is 27.5 Å². The molecule has 2 heterocycles. The zero-order valence-electron chi connectivity index (χ0n) is 11.9. The molecule has 1 atom stereocenters. The first kappa shape index (κ1) is 15.6. The van der Waals surface area contributed by atoms with Crippen LogP contribution >= 0.6 is 27.5 Å². The molecule has 0 aromatic carbocycles. The minimum atomic E-state index is 0.0686. The first-order valence-corrected chi connectivity index (χ1v) is 8.06. The van der Waals surface area contributed by atoms with Crippen LogP contribution in [0.1, 0.15) is 23.5 Å². The smallest absolute Gasteiger partial charge is 0.0885 e. The fourth-order valence-electron chi connectivity index (χ4n) is 1.97.